The summed E-state index contributed by atoms with van der Waals surface area (Å²) in [6.07, 6.45) is 2.88. The van der Waals surface area contributed by atoms with Crippen molar-refractivity contribution in [2.75, 3.05) is 34.9 Å². The fourth-order valence-electron chi connectivity index (χ4n) is 2.45. The molecule has 0 amide bonds. The van der Waals surface area contributed by atoms with Gasteiger partial charge in [-0.25, -0.2) is 0 Å². The number of hydrogen-bond acceptors (Lipinski definition) is 5. The molecule has 0 spiro atoms. The largest absolute Gasteiger partial charge is 0.493 e. The predicted molar refractivity (Wildman–Crippen MR) is 86.0 cm³/mol. The van der Waals surface area contributed by atoms with E-state index in [9.17, 15) is 0 Å². The van der Waals surface area contributed by atoms with E-state index < -0.39 is 0 Å². The molecule has 1 aromatic rings. The fourth-order valence-corrected chi connectivity index (χ4v) is 2.45. The van der Waals surface area contributed by atoms with Gasteiger partial charge in [-0.3, -0.25) is 4.98 Å². The lowest BCUT2D eigenvalue weighted by Crippen LogP contribution is -2.39. The maximum atomic E-state index is 5.42. The second-order valence-electron chi connectivity index (χ2n) is 5.96. The number of hydrogen-bond donors (Lipinski definition) is 1. The zero-order valence-electron chi connectivity index (χ0n) is 14.1. The molecule has 1 aromatic heterocycles. The lowest BCUT2D eigenvalue weighted by Gasteiger charge is -2.24. The van der Waals surface area contributed by atoms with Gasteiger partial charge in [-0.15, -0.1) is 0 Å². The molecule has 1 N–H and O–H groups in total. The van der Waals surface area contributed by atoms with Gasteiger partial charge in [0.15, 0.2) is 11.5 Å². The van der Waals surface area contributed by atoms with E-state index in [1.807, 2.05) is 6.07 Å². The average Bonchev–Trinajstić information content (AvgIpc) is 2.42. The summed E-state index contributed by atoms with van der Waals surface area (Å²) in [5, 5.41) is 3.59. The summed E-state index contributed by atoms with van der Waals surface area (Å²) in [5.41, 5.74) is 0.879. The first kappa shape index (κ1) is 17.7. The molecule has 0 fully saturated rings. The third-order valence-corrected chi connectivity index (χ3v) is 3.27. The van der Waals surface area contributed by atoms with E-state index in [-0.39, 0.29) is 0 Å². The van der Waals surface area contributed by atoms with E-state index in [2.05, 4.69) is 43.1 Å². The first-order chi connectivity index (χ1) is 9.97. The first-order valence-electron chi connectivity index (χ1n) is 7.41. The normalized spacial score (nSPS) is 12.8. The van der Waals surface area contributed by atoms with Crippen molar-refractivity contribution in [1.29, 1.82) is 0 Å². The van der Waals surface area contributed by atoms with Gasteiger partial charge in [0.25, 0.3) is 0 Å². The summed E-state index contributed by atoms with van der Waals surface area (Å²) in [4.78, 5) is 6.61. The van der Waals surface area contributed by atoms with Gasteiger partial charge in [0.2, 0.25) is 0 Å². The number of methoxy groups -OCH3 is 2. The molecule has 21 heavy (non-hydrogen) atoms. The van der Waals surface area contributed by atoms with Crippen molar-refractivity contribution >= 4 is 0 Å². The van der Waals surface area contributed by atoms with Crippen LogP contribution in [-0.4, -0.2) is 50.8 Å². The third-order valence-electron chi connectivity index (χ3n) is 3.27. The van der Waals surface area contributed by atoms with Crippen LogP contribution in [0.2, 0.25) is 0 Å². The minimum Gasteiger partial charge on any atom is -0.493 e. The van der Waals surface area contributed by atoms with Crippen LogP contribution in [0, 0.1) is 5.92 Å². The van der Waals surface area contributed by atoms with E-state index >= 15 is 0 Å². The van der Waals surface area contributed by atoms with Crippen LogP contribution in [0.25, 0.3) is 0 Å². The number of ether oxygens (including phenoxy) is 2. The zero-order valence-corrected chi connectivity index (χ0v) is 14.1. The van der Waals surface area contributed by atoms with Crippen LogP contribution in [-0.2, 0) is 6.54 Å². The minimum absolute atomic E-state index is 0.428. The van der Waals surface area contributed by atoms with Crippen LogP contribution in [0.3, 0.4) is 0 Å². The van der Waals surface area contributed by atoms with Gasteiger partial charge < -0.3 is 19.7 Å². The van der Waals surface area contributed by atoms with Gasteiger partial charge in [0.05, 0.1) is 19.9 Å². The Hall–Kier alpha value is -1.33. The van der Waals surface area contributed by atoms with Crippen molar-refractivity contribution < 1.29 is 9.47 Å². The highest BCUT2D eigenvalue weighted by molar-refractivity contribution is 5.42. The molecule has 0 saturated carbocycles. The quantitative estimate of drug-likeness (QED) is 0.756. The Morgan fingerprint density at radius 1 is 1.24 bits per heavy atom. The van der Waals surface area contributed by atoms with Crippen LogP contribution < -0.4 is 14.8 Å². The second-order valence-corrected chi connectivity index (χ2v) is 5.96. The Labute approximate surface area is 128 Å². The van der Waals surface area contributed by atoms with E-state index in [1.165, 1.54) is 0 Å². The van der Waals surface area contributed by atoms with Crippen LogP contribution >= 0.6 is 0 Å². The first-order valence-corrected chi connectivity index (χ1v) is 7.41. The fraction of sp³-hybridized carbons (Fsp3) is 0.688. The molecular formula is C16H29N3O2. The van der Waals surface area contributed by atoms with Crippen LogP contribution in [0.1, 0.15) is 26.0 Å². The van der Waals surface area contributed by atoms with Crippen LogP contribution in [0.4, 0.5) is 0 Å². The molecule has 0 bridgehead atoms. The summed E-state index contributed by atoms with van der Waals surface area (Å²) in [6, 6.07) is 2.24. The van der Waals surface area contributed by atoms with Crippen molar-refractivity contribution in [3.8, 4) is 11.5 Å². The Bertz CT molecular complexity index is 412. The topological polar surface area (TPSA) is 46.6 Å². The maximum absolute atomic E-state index is 5.42. The molecule has 1 rings (SSSR count). The lowest BCUT2D eigenvalue weighted by molar-refractivity contribution is 0.301. The smallest absolute Gasteiger partial charge is 0.183 e. The highest BCUT2D eigenvalue weighted by Gasteiger charge is 2.15. The molecule has 0 aromatic carbocycles. The summed E-state index contributed by atoms with van der Waals surface area (Å²) < 4.78 is 10.7. The van der Waals surface area contributed by atoms with Crippen LogP contribution in [0.5, 0.6) is 11.5 Å². The van der Waals surface area contributed by atoms with E-state index in [4.69, 9.17) is 9.47 Å². The molecule has 1 heterocycles. The highest BCUT2D eigenvalue weighted by Crippen LogP contribution is 2.28. The number of rotatable bonds is 9. The third kappa shape index (κ3) is 5.89. The Balaban J connectivity index is 2.75. The van der Waals surface area contributed by atoms with E-state index in [0.29, 0.717) is 24.3 Å². The average molecular weight is 295 g/mol. The Kier molecular flexibility index (Phi) is 7.47. The van der Waals surface area contributed by atoms with Gasteiger partial charge >= 0.3 is 0 Å². The molecule has 1 unspecified atom stereocenters. The summed E-state index contributed by atoms with van der Waals surface area (Å²) in [5.74, 6) is 2.08. The molecule has 1 atom stereocenters. The van der Waals surface area contributed by atoms with Gasteiger partial charge in [-0.2, -0.15) is 0 Å². The second kappa shape index (κ2) is 8.85. The molecule has 0 saturated heterocycles. The molecule has 0 aliphatic rings. The predicted octanol–water partition coefficient (Wildman–Crippen LogP) is 2.16. The monoisotopic (exact) mass is 295 g/mol. The molecule has 0 radical (unpaired) electrons. The zero-order chi connectivity index (χ0) is 15.8. The van der Waals surface area contributed by atoms with Gasteiger partial charge in [0.1, 0.15) is 0 Å². The molecule has 0 aliphatic heterocycles. The number of nitrogens with zero attached hydrogens (tertiary/aromatic N) is 2. The van der Waals surface area contributed by atoms with E-state index in [1.54, 1.807) is 20.4 Å². The molecule has 5 nitrogen and oxygen atoms in total. The Morgan fingerprint density at radius 2 is 1.95 bits per heavy atom. The molecule has 5 heteroatoms. The van der Waals surface area contributed by atoms with Crippen LogP contribution in [0.15, 0.2) is 12.3 Å². The number of pyridine rings is 1. The minimum atomic E-state index is 0.428. The maximum Gasteiger partial charge on any atom is 0.183 e. The molecular weight excluding hydrogens is 266 g/mol. The summed E-state index contributed by atoms with van der Waals surface area (Å²) >= 11 is 0. The lowest BCUT2D eigenvalue weighted by atomic mass is 10.0. The van der Waals surface area contributed by atoms with Gasteiger partial charge in [-0.1, -0.05) is 13.8 Å². The van der Waals surface area contributed by atoms with Crippen molar-refractivity contribution in [2.24, 2.45) is 5.92 Å². The van der Waals surface area contributed by atoms with Crippen molar-refractivity contribution in [3.63, 3.8) is 0 Å². The van der Waals surface area contributed by atoms with E-state index in [0.717, 1.165) is 24.4 Å². The number of aromatic nitrogens is 1. The van der Waals surface area contributed by atoms with Crippen molar-refractivity contribution in [2.45, 2.75) is 32.9 Å². The van der Waals surface area contributed by atoms with Gasteiger partial charge in [0, 0.05) is 31.4 Å². The van der Waals surface area contributed by atoms with Crippen molar-refractivity contribution in [3.05, 3.63) is 18.0 Å². The Morgan fingerprint density at radius 3 is 2.48 bits per heavy atom. The number of likely N-dealkylation sites (N-methyl/N-ethyl adjacent to an activating group) is 1. The standard InChI is InChI=1S/C16H29N3O2/c1-12(2)9-13(11-19(3)4)18-10-14-16(21-6)15(20-5)7-8-17-14/h7-8,12-13,18H,9-11H2,1-6H3. The number of nitrogens with one attached hydrogen (secondary N) is 1. The summed E-state index contributed by atoms with van der Waals surface area (Å²) in [7, 11) is 7.48. The summed E-state index contributed by atoms with van der Waals surface area (Å²) in [6.45, 7) is 6.17. The highest BCUT2D eigenvalue weighted by atomic mass is 16.5. The van der Waals surface area contributed by atoms with Crippen molar-refractivity contribution in [1.82, 2.24) is 15.2 Å². The SMILES string of the molecule is COc1ccnc(CNC(CC(C)C)CN(C)C)c1OC. The molecule has 0 aliphatic carbocycles. The van der Waals surface area contributed by atoms with Gasteiger partial charge in [-0.05, 0) is 26.4 Å². The molecule has 120 valence electrons.